The standard InChI is InChI=1S/C7H16N2OS/c1-9-6(7(10)11)4-2-3-5-8/h6,9H,2-5,8H2,1H3,(H,10,11)/t6-/m0/s1. The molecule has 4 heteroatoms. The first-order valence-corrected chi connectivity index (χ1v) is 4.27. The largest absolute Gasteiger partial charge is 0.330 e. The van der Waals surface area contributed by atoms with Crippen LogP contribution in [-0.2, 0) is 4.79 Å². The summed E-state index contributed by atoms with van der Waals surface area (Å²) in [5, 5.41) is 2.80. The van der Waals surface area contributed by atoms with E-state index < -0.39 is 0 Å². The summed E-state index contributed by atoms with van der Waals surface area (Å²) in [6, 6.07) is -0.107. The number of likely N-dealkylation sites (N-methyl/N-ethyl adjacent to an activating group) is 1. The number of unbranched alkanes of at least 4 members (excludes halogenated alkanes) is 1. The fraction of sp³-hybridized carbons (Fsp3) is 0.857. The molecule has 66 valence electrons. The Labute approximate surface area is 73.1 Å². The molecule has 0 aliphatic heterocycles. The van der Waals surface area contributed by atoms with Crippen LogP contribution in [-0.4, -0.2) is 24.7 Å². The van der Waals surface area contributed by atoms with E-state index in [2.05, 4.69) is 17.9 Å². The number of hydrogen-bond acceptors (Lipinski definition) is 3. The van der Waals surface area contributed by atoms with Crippen LogP contribution in [0.5, 0.6) is 0 Å². The Morgan fingerprint density at radius 3 is 2.64 bits per heavy atom. The average molecular weight is 176 g/mol. The summed E-state index contributed by atoms with van der Waals surface area (Å²) in [6.45, 7) is 0.692. The monoisotopic (exact) mass is 176 g/mol. The molecule has 0 unspecified atom stereocenters. The highest BCUT2D eigenvalue weighted by Crippen LogP contribution is 2.02. The zero-order valence-electron chi connectivity index (χ0n) is 6.84. The zero-order valence-corrected chi connectivity index (χ0v) is 7.73. The second-order valence-corrected chi connectivity index (χ2v) is 2.90. The van der Waals surface area contributed by atoms with Crippen LogP contribution >= 0.6 is 12.6 Å². The summed E-state index contributed by atoms with van der Waals surface area (Å²) < 4.78 is 0. The molecule has 0 aliphatic rings. The summed E-state index contributed by atoms with van der Waals surface area (Å²) in [4.78, 5) is 10.7. The molecule has 0 rings (SSSR count). The molecule has 0 spiro atoms. The molecule has 0 amide bonds. The predicted molar refractivity (Wildman–Crippen MR) is 49.7 cm³/mol. The van der Waals surface area contributed by atoms with Gasteiger partial charge in [-0.1, -0.05) is 6.42 Å². The van der Waals surface area contributed by atoms with Gasteiger partial charge in [0.2, 0.25) is 5.12 Å². The van der Waals surface area contributed by atoms with Gasteiger partial charge in [0.1, 0.15) is 0 Å². The lowest BCUT2D eigenvalue weighted by Gasteiger charge is -2.10. The molecule has 0 heterocycles. The Hall–Kier alpha value is -0.0600. The average Bonchev–Trinajstić information content (AvgIpc) is 1.97. The van der Waals surface area contributed by atoms with Gasteiger partial charge in [-0.05, 0) is 26.4 Å². The van der Waals surface area contributed by atoms with Crippen LogP contribution in [0.3, 0.4) is 0 Å². The Kier molecular flexibility index (Phi) is 6.60. The molecule has 0 aromatic rings. The number of nitrogens with one attached hydrogen (secondary N) is 1. The van der Waals surface area contributed by atoms with Crippen molar-refractivity contribution < 1.29 is 4.79 Å². The SMILES string of the molecule is CN[C@@H](CCCCN)C(=O)S. The minimum absolute atomic E-state index is 0.0930. The Balaban J connectivity index is 3.44. The van der Waals surface area contributed by atoms with Gasteiger partial charge in [0.25, 0.3) is 0 Å². The Morgan fingerprint density at radius 2 is 2.27 bits per heavy atom. The van der Waals surface area contributed by atoms with E-state index in [1.165, 1.54) is 0 Å². The Bertz CT molecular complexity index is 119. The molecule has 0 fully saturated rings. The molecule has 0 bridgehead atoms. The fourth-order valence-electron chi connectivity index (χ4n) is 0.884. The summed E-state index contributed by atoms with van der Waals surface area (Å²) in [5.74, 6) is 0. The van der Waals surface area contributed by atoms with Gasteiger partial charge in [-0.25, -0.2) is 0 Å². The van der Waals surface area contributed by atoms with Gasteiger partial charge in [-0.15, -0.1) is 12.6 Å². The Morgan fingerprint density at radius 1 is 1.64 bits per heavy atom. The van der Waals surface area contributed by atoms with Crippen LogP contribution in [0.2, 0.25) is 0 Å². The van der Waals surface area contributed by atoms with Crippen LogP contribution in [0.1, 0.15) is 19.3 Å². The maximum Gasteiger partial charge on any atom is 0.202 e. The van der Waals surface area contributed by atoms with E-state index in [1.54, 1.807) is 7.05 Å². The normalized spacial score (nSPS) is 13.0. The topological polar surface area (TPSA) is 55.1 Å². The van der Waals surface area contributed by atoms with E-state index in [0.717, 1.165) is 19.3 Å². The molecule has 11 heavy (non-hydrogen) atoms. The number of nitrogens with two attached hydrogens (primary N) is 1. The second kappa shape index (κ2) is 6.64. The van der Waals surface area contributed by atoms with Crippen molar-refractivity contribution in [3.8, 4) is 0 Å². The number of hydrogen-bond donors (Lipinski definition) is 3. The van der Waals surface area contributed by atoms with Gasteiger partial charge in [0.05, 0.1) is 6.04 Å². The summed E-state index contributed by atoms with van der Waals surface area (Å²) in [5.41, 5.74) is 5.31. The minimum atomic E-state index is -0.107. The number of rotatable bonds is 6. The molecule has 0 radical (unpaired) electrons. The third-order valence-electron chi connectivity index (χ3n) is 1.59. The van der Waals surface area contributed by atoms with Crippen molar-refractivity contribution in [2.75, 3.05) is 13.6 Å². The molecule has 0 aliphatic carbocycles. The van der Waals surface area contributed by atoms with Crippen molar-refractivity contribution in [1.82, 2.24) is 5.32 Å². The smallest absolute Gasteiger partial charge is 0.202 e. The summed E-state index contributed by atoms with van der Waals surface area (Å²) in [7, 11) is 1.77. The van der Waals surface area contributed by atoms with E-state index in [4.69, 9.17) is 5.73 Å². The molecule has 0 saturated carbocycles. The van der Waals surface area contributed by atoms with Gasteiger partial charge in [0, 0.05) is 0 Å². The molecule has 1 atom stereocenters. The highest BCUT2D eigenvalue weighted by atomic mass is 32.1. The lowest BCUT2D eigenvalue weighted by atomic mass is 10.1. The van der Waals surface area contributed by atoms with Crippen LogP contribution in [0, 0.1) is 0 Å². The molecule has 0 saturated heterocycles. The fourth-order valence-corrected chi connectivity index (χ4v) is 1.14. The van der Waals surface area contributed by atoms with Crippen LogP contribution in [0.15, 0.2) is 0 Å². The molecule has 3 nitrogen and oxygen atoms in total. The molecular formula is C7H16N2OS. The summed E-state index contributed by atoms with van der Waals surface area (Å²) in [6.07, 6.45) is 2.78. The van der Waals surface area contributed by atoms with Crippen molar-refractivity contribution in [1.29, 1.82) is 0 Å². The molecule has 0 aromatic carbocycles. The second-order valence-electron chi connectivity index (χ2n) is 2.46. The highest BCUT2D eigenvalue weighted by Gasteiger charge is 2.10. The first-order valence-electron chi connectivity index (χ1n) is 3.82. The third-order valence-corrected chi connectivity index (χ3v) is 1.91. The first kappa shape index (κ1) is 10.9. The van der Waals surface area contributed by atoms with Gasteiger partial charge in [-0.2, -0.15) is 0 Å². The van der Waals surface area contributed by atoms with Crippen LogP contribution < -0.4 is 11.1 Å². The van der Waals surface area contributed by atoms with Crippen molar-refractivity contribution in [3.05, 3.63) is 0 Å². The highest BCUT2D eigenvalue weighted by molar-refractivity contribution is 7.96. The quantitative estimate of drug-likeness (QED) is 0.399. The van der Waals surface area contributed by atoms with E-state index in [9.17, 15) is 4.79 Å². The van der Waals surface area contributed by atoms with Crippen molar-refractivity contribution in [2.45, 2.75) is 25.3 Å². The lowest BCUT2D eigenvalue weighted by molar-refractivity contribution is -0.112. The first-order chi connectivity index (χ1) is 5.22. The van der Waals surface area contributed by atoms with Crippen molar-refractivity contribution in [2.24, 2.45) is 5.73 Å². The predicted octanol–water partition coefficient (Wildman–Crippen LogP) is 0.160. The van der Waals surface area contributed by atoms with Crippen molar-refractivity contribution in [3.63, 3.8) is 0 Å². The minimum Gasteiger partial charge on any atom is -0.330 e. The van der Waals surface area contributed by atoms with Crippen LogP contribution in [0.4, 0.5) is 0 Å². The molecule has 0 aromatic heterocycles. The van der Waals surface area contributed by atoms with Crippen LogP contribution in [0.25, 0.3) is 0 Å². The zero-order chi connectivity index (χ0) is 8.69. The van der Waals surface area contributed by atoms with Crippen molar-refractivity contribution >= 4 is 17.7 Å². The molecular weight excluding hydrogens is 160 g/mol. The van der Waals surface area contributed by atoms with E-state index in [1.807, 2.05) is 0 Å². The summed E-state index contributed by atoms with van der Waals surface area (Å²) >= 11 is 3.74. The number of thiol groups is 1. The van der Waals surface area contributed by atoms with Gasteiger partial charge < -0.3 is 11.1 Å². The maximum absolute atomic E-state index is 10.7. The number of carbonyl (C=O) groups is 1. The van der Waals surface area contributed by atoms with Gasteiger partial charge in [-0.3, -0.25) is 4.79 Å². The van der Waals surface area contributed by atoms with Gasteiger partial charge in [0.15, 0.2) is 0 Å². The maximum atomic E-state index is 10.7. The van der Waals surface area contributed by atoms with Gasteiger partial charge >= 0.3 is 0 Å². The third kappa shape index (κ3) is 5.24. The lowest BCUT2D eigenvalue weighted by Crippen LogP contribution is -2.31. The number of carbonyl (C=O) groups excluding carboxylic acids is 1. The van der Waals surface area contributed by atoms with E-state index in [0.29, 0.717) is 6.54 Å². The van der Waals surface area contributed by atoms with E-state index >= 15 is 0 Å². The van der Waals surface area contributed by atoms with E-state index in [-0.39, 0.29) is 11.2 Å². The molecule has 3 N–H and O–H groups in total.